The van der Waals surface area contributed by atoms with Crippen LogP contribution < -0.4 is 0 Å². The Hall–Kier alpha value is -5.10. The van der Waals surface area contributed by atoms with Crippen LogP contribution in [-0.2, 0) is 6.18 Å². The van der Waals surface area contributed by atoms with Gasteiger partial charge < -0.3 is 0 Å². The van der Waals surface area contributed by atoms with Gasteiger partial charge in [0.15, 0.2) is 17.5 Å². The van der Waals surface area contributed by atoms with Crippen LogP contribution in [0.15, 0.2) is 121 Å². The van der Waals surface area contributed by atoms with Crippen molar-refractivity contribution >= 4 is 32.3 Å². The zero-order chi connectivity index (χ0) is 29.9. The maximum atomic E-state index is 14.6. The van der Waals surface area contributed by atoms with Gasteiger partial charge in [0.05, 0.1) is 5.56 Å². The van der Waals surface area contributed by atoms with E-state index in [-0.39, 0.29) is 5.56 Å². The lowest BCUT2D eigenvalue weighted by molar-refractivity contribution is -0.137. The molecular weight excluding hydrogens is 558 g/mol. The largest absolute Gasteiger partial charge is 0.416 e. The van der Waals surface area contributed by atoms with E-state index in [1.165, 1.54) is 6.07 Å². The zero-order valence-corrected chi connectivity index (χ0v) is 22.3. The van der Waals surface area contributed by atoms with Crippen molar-refractivity contribution in [1.29, 1.82) is 0 Å². The molecule has 0 heterocycles. The molecule has 0 saturated carbocycles. The molecule has 0 radical (unpaired) electrons. The van der Waals surface area contributed by atoms with E-state index in [9.17, 15) is 26.3 Å². The summed E-state index contributed by atoms with van der Waals surface area (Å²) >= 11 is 0. The summed E-state index contributed by atoms with van der Waals surface area (Å²) in [5, 5.41) is 4.75. The molecule has 0 N–H and O–H groups in total. The Morgan fingerprint density at radius 2 is 1.00 bits per heavy atom. The van der Waals surface area contributed by atoms with Gasteiger partial charge >= 0.3 is 6.18 Å². The van der Waals surface area contributed by atoms with Crippen molar-refractivity contribution in [2.24, 2.45) is 0 Å². The molecule has 43 heavy (non-hydrogen) atoms. The van der Waals surface area contributed by atoms with E-state index in [4.69, 9.17) is 0 Å². The SMILES string of the molecule is Fc1cc(-c2c3ccccc3c(-c3cccc4ccccc34)c3ccc(-c4cccc(C(F)(F)F)c4)cc23)cc(F)c1F. The topological polar surface area (TPSA) is 0 Å². The van der Waals surface area contributed by atoms with Gasteiger partial charge in [-0.05, 0) is 96.0 Å². The molecule has 0 aliphatic rings. The predicted molar refractivity (Wildman–Crippen MR) is 160 cm³/mol. The molecule has 0 bridgehead atoms. The number of hydrogen-bond donors (Lipinski definition) is 0. The van der Waals surface area contributed by atoms with Crippen LogP contribution >= 0.6 is 0 Å². The molecule has 210 valence electrons. The van der Waals surface area contributed by atoms with Gasteiger partial charge in [0.1, 0.15) is 0 Å². The molecule has 0 aliphatic carbocycles. The summed E-state index contributed by atoms with van der Waals surface area (Å²) in [6.45, 7) is 0. The number of alkyl halides is 3. The molecule has 6 heteroatoms. The van der Waals surface area contributed by atoms with E-state index in [0.717, 1.165) is 56.9 Å². The maximum absolute atomic E-state index is 14.6. The second-order valence-electron chi connectivity index (χ2n) is 10.4. The highest BCUT2D eigenvalue weighted by Gasteiger charge is 2.30. The minimum Gasteiger partial charge on any atom is -0.204 e. The summed E-state index contributed by atoms with van der Waals surface area (Å²) in [4.78, 5) is 0. The number of hydrogen-bond acceptors (Lipinski definition) is 0. The summed E-state index contributed by atoms with van der Waals surface area (Å²) < 4.78 is 84.0. The molecule has 0 unspecified atom stereocenters. The third-order valence-corrected chi connectivity index (χ3v) is 7.88. The molecule has 7 aromatic rings. The van der Waals surface area contributed by atoms with Gasteiger partial charge in [-0.1, -0.05) is 91.0 Å². The van der Waals surface area contributed by atoms with Crippen molar-refractivity contribution in [3.8, 4) is 33.4 Å². The minimum absolute atomic E-state index is 0.114. The third kappa shape index (κ3) is 4.50. The molecule has 0 saturated heterocycles. The van der Waals surface area contributed by atoms with Gasteiger partial charge in [-0.2, -0.15) is 13.2 Å². The lowest BCUT2D eigenvalue weighted by Crippen LogP contribution is -2.04. The lowest BCUT2D eigenvalue weighted by atomic mass is 9.83. The van der Waals surface area contributed by atoms with Gasteiger partial charge in [-0.15, -0.1) is 0 Å². The number of rotatable bonds is 3. The maximum Gasteiger partial charge on any atom is 0.416 e. The Bertz CT molecular complexity index is 2180. The molecule has 0 amide bonds. The molecule has 0 spiro atoms. The molecule has 0 nitrogen and oxygen atoms in total. The van der Waals surface area contributed by atoms with Crippen LogP contribution in [0, 0.1) is 17.5 Å². The summed E-state index contributed by atoms with van der Waals surface area (Å²) in [6.07, 6.45) is -4.53. The van der Waals surface area contributed by atoms with Gasteiger partial charge in [-0.3, -0.25) is 0 Å². The first-order valence-corrected chi connectivity index (χ1v) is 13.5. The Balaban J connectivity index is 1.64. The summed E-state index contributed by atoms with van der Waals surface area (Å²) in [7, 11) is 0. The average molecular weight is 579 g/mol. The Labute approximate surface area is 242 Å². The van der Waals surface area contributed by atoms with Crippen LogP contribution in [0.1, 0.15) is 5.56 Å². The van der Waals surface area contributed by atoms with Crippen molar-refractivity contribution < 1.29 is 26.3 Å². The minimum atomic E-state index is -4.53. The first-order valence-electron chi connectivity index (χ1n) is 13.5. The van der Waals surface area contributed by atoms with Crippen LogP contribution in [0.25, 0.3) is 65.7 Å². The van der Waals surface area contributed by atoms with Gasteiger partial charge in [-0.25, -0.2) is 13.2 Å². The van der Waals surface area contributed by atoms with E-state index < -0.39 is 29.2 Å². The van der Waals surface area contributed by atoms with E-state index >= 15 is 0 Å². The highest BCUT2D eigenvalue weighted by atomic mass is 19.4. The van der Waals surface area contributed by atoms with Crippen LogP contribution in [0.5, 0.6) is 0 Å². The highest BCUT2D eigenvalue weighted by Crippen LogP contribution is 2.46. The van der Waals surface area contributed by atoms with Gasteiger partial charge in [0.25, 0.3) is 0 Å². The molecule has 7 aromatic carbocycles. The van der Waals surface area contributed by atoms with Crippen LogP contribution in [0.2, 0.25) is 0 Å². The van der Waals surface area contributed by atoms with Crippen molar-refractivity contribution in [2.75, 3.05) is 0 Å². The lowest BCUT2D eigenvalue weighted by Gasteiger charge is -2.20. The number of benzene rings is 7. The van der Waals surface area contributed by atoms with Crippen LogP contribution in [-0.4, -0.2) is 0 Å². The quantitative estimate of drug-likeness (QED) is 0.111. The summed E-state index contributed by atoms with van der Waals surface area (Å²) in [5.41, 5.74) is 2.38. The second-order valence-corrected chi connectivity index (χ2v) is 10.4. The van der Waals surface area contributed by atoms with E-state index in [2.05, 4.69) is 0 Å². The molecular formula is C37H20F6. The van der Waals surface area contributed by atoms with Gasteiger partial charge in [0, 0.05) is 0 Å². The predicted octanol–water partition coefficient (Wildman–Crippen LogP) is 11.6. The molecule has 0 aromatic heterocycles. The molecule has 0 fully saturated rings. The Morgan fingerprint density at radius 3 is 1.72 bits per heavy atom. The van der Waals surface area contributed by atoms with Crippen molar-refractivity contribution in [3.63, 3.8) is 0 Å². The second kappa shape index (κ2) is 10.0. The standard InChI is InChI=1S/C37H20F6/c38-32-19-24(20-33(39)36(32)40)34-28-12-3-4-13-29(28)35(27-14-6-8-21-7-1-2-11-26(21)27)30-16-15-23(18-31(30)34)22-9-5-10-25(17-22)37(41,42)43/h1-20H. The van der Waals surface area contributed by atoms with Crippen LogP contribution in [0.3, 0.4) is 0 Å². The van der Waals surface area contributed by atoms with E-state index in [1.54, 1.807) is 24.3 Å². The Morgan fingerprint density at radius 1 is 0.419 bits per heavy atom. The summed E-state index contributed by atoms with van der Waals surface area (Å²) in [6, 6.07) is 33.5. The fraction of sp³-hybridized carbons (Fsp3) is 0.0270. The van der Waals surface area contributed by atoms with Crippen molar-refractivity contribution in [1.82, 2.24) is 0 Å². The highest BCUT2D eigenvalue weighted by molar-refractivity contribution is 6.24. The van der Waals surface area contributed by atoms with Crippen molar-refractivity contribution in [3.05, 3.63) is 144 Å². The normalized spacial score (nSPS) is 12.0. The number of fused-ring (bicyclic) bond motifs is 3. The molecule has 7 rings (SSSR count). The third-order valence-electron chi connectivity index (χ3n) is 7.88. The first kappa shape index (κ1) is 26.8. The molecule has 0 atom stereocenters. The fourth-order valence-corrected chi connectivity index (χ4v) is 5.98. The monoisotopic (exact) mass is 578 g/mol. The summed E-state index contributed by atoms with van der Waals surface area (Å²) in [5.74, 6) is -4.24. The average Bonchev–Trinajstić information content (AvgIpc) is 3.01. The van der Waals surface area contributed by atoms with E-state index in [0.29, 0.717) is 27.5 Å². The fourth-order valence-electron chi connectivity index (χ4n) is 5.98. The van der Waals surface area contributed by atoms with E-state index in [1.807, 2.05) is 66.7 Å². The molecule has 0 aliphatic heterocycles. The van der Waals surface area contributed by atoms with Crippen molar-refractivity contribution in [2.45, 2.75) is 6.18 Å². The number of halogens is 6. The zero-order valence-electron chi connectivity index (χ0n) is 22.3. The van der Waals surface area contributed by atoms with Crippen LogP contribution in [0.4, 0.5) is 26.3 Å². The smallest absolute Gasteiger partial charge is 0.204 e. The van der Waals surface area contributed by atoms with Gasteiger partial charge in [0.2, 0.25) is 0 Å². The first-order chi connectivity index (χ1) is 20.7. The Kier molecular flexibility index (Phi) is 6.24.